The van der Waals surface area contributed by atoms with Crippen LogP contribution in [-0.4, -0.2) is 37.0 Å². The van der Waals surface area contributed by atoms with E-state index >= 15 is 0 Å². The van der Waals surface area contributed by atoms with Crippen molar-refractivity contribution in [3.8, 4) is 5.75 Å². The van der Waals surface area contributed by atoms with Gasteiger partial charge >= 0.3 is 0 Å². The number of benzene rings is 3. The zero-order chi connectivity index (χ0) is 19.6. The summed E-state index contributed by atoms with van der Waals surface area (Å²) in [6, 6.07) is 29.5. The van der Waals surface area contributed by atoms with Gasteiger partial charge in [-0.3, -0.25) is 4.90 Å². The van der Waals surface area contributed by atoms with Gasteiger partial charge in [0.1, 0.15) is 12.4 Å². The van der Waals surface area contributed by atoms with E-state index in [1.54, 1.807) is 0 Å². The first kappa shape index (κ1) is 20.1. The Morgan fingerprint density at radius 3 is 1.71 bits per heavy atom. The van der Waals surface area contributed by atoms with Crippen LogP contribution in [0.15, 0.2) is 84.9 Å². The number of rotatable bonds is 10. The summed E-state index contributed by atoms with van der Waals surface area (Å²) in [5, 5.41) is 0. The number of hydrogen-bond donors (Lipinski definition) is 0. The van der Waals surface area contributed by atoms with Gasteiger partial charge in [0.05, 0.1) is 0 Å². The Morgan fingerprint density at radius 2 is 1.14 bits per heavy atom. The van der Waals surface area contributed by atoms with Crippen molar-refractivity contribution in [3.63, 3.8) is 0 Å². The normalized spacial score (nSPS) is 11.1. The molecule has 28 heavy (non-hydrogen) atoms. The molecule has 0 saturated carbocycles. The molecule has 146 valence electrons. The average molecular weight is 375 g/mol. The van der Waals surface area contributed by atoms with Crippen molar-refractivity contribution in [1.29, 1.82) is 0 Å². The van der Waals surface area contributed by atoms with Gasteiger partial charge in [0.25, 0.3) is 0 Å². The lowest BCUT2D eigenvalue weighted by molar-refractivity contribution is 0.226. The second-order valence-corrected chi connectivity index (χ2v) is 7.42. The van der Waals surface area contributed by atoms with Gasteiger partial charge in [-0.1, -0.05) is 72.8 Å². The van der Waals surface area contributed by atoms with Crippen LogP contribution in [0.4, 0.5) is 0 Å². The topological polar surface area (TPSA) is 15.7 Å². The molecule has 3 aromatic rings. The largest absolute Gasteiger partial charge is 0.489 e. The van der Waals surface area contributed by atoms with Crippen LogP contribution in [0.5, 0.6) is 5.75 Å². The molecule has 0 unspecified atom stereocenters. The number of ether oxygens (including phenoxy) is 1. The maximum Gasteiger partial charge on any atom is 0.119 e. The van der Waals surface area contributed by atoms with Gasteiger partial charge in [0.15, 0.2) is 0 Å². The van der Waals surface area contributed by atoms with Crippen LogP contribution >= 0.6 is 0 Å². The van der Waals surface area contributed by atoms with E-state index in [0.717, 1.165) is 31.9 Å². The van der Waals surface area contributed by atoms with Crippen molar-refractivity contribution in [2.45, 2.75) is 19.7 Å². The molecule has 3 rings (SSSR count). The molecule has 3 aromatic carbocycles. The Balaban J connectivity index is 1.58. The smallest absolute Gasteiger partial charge is 0.119 e. The third-order valence-corrected chi connectivity index (χ3v) is 4.69. The molecule has 0 N–H and O–H groups in total. The molecule has 3 nitrogen and oxygen atoms in total. The average Bonchev–Trinajstić information content (AvgIpc) is 2.73. The predicted molar refractivity (Wildman–Crippen MR) is 116 cm³/mol. The number of hydrogen-bond acceptors (Lipinski definition) is 3. The van der Waals surface area contributed by atoms with Crippen LogP contribution in [-0.2, 0) is 19.7 Å². The molecular formula is C25H30N2O. The van der Waals surface area contributed by atoms with Crippen molar-refractivity contribution in [2.24, 2.45) is 0 Å². The highest BCUT2D eigenvalue weighted by molar-refractivity contribution is 5.28. The molecule has 0 fully saturated rings. The Hall–Kier alpha value is -2.62. The Labute approximate surface area is 169 Å². The highest BCUT2D eigenvalue weighted by atomic mass is 16.5. The minimum atomic E-state index is 0.600. The monoisotopic (exact) mass is 374 g/mol. The van der Waals surface area contributed by atoms with Gasteiger partial charge in [0.2, 0.25) is 0 Å². The Morgan fingerprint density at radius 1 is 0.607 bits per heavy atom. The first-order valence-corrected chi connectivity index (χ1v) is 9.86. The fraction of sp³-hybridized carbons (Fsp3) is 0.280. The van der Waals surface area contributed by atoms with E-state index in [1.807, 2.05) is 18.2 Å². The molecule has 0 aliphatic rings. The molecule has 0 aliphatic heterocycles. The number of nitrogens with zero attached hydrogens (tertiary/aromatic N) is 2. The van der Waals surface area contributed by atoms with E-state index in [0.29, 0.717) is 6.61 Å². The molecule has 0 aromatic heterocycles. The minimum absolute atomic E-state index is 0.600. The second-order valence-electron chi connectivity index (χ2n) is 7.42. The molecule has 0 atom stereocenters. The number of likely N-dealkylation sites (N-methyl/N-ethyl adjacent to an activating group) is 1. The van der Waals surface area contributed by atoms with E-state index in [-0.39, 0.29) is 0 Å². The molecule has 0 bridgehead atoms. The zero-order valence-electron chi connectivity index (χ0n) is 16.9. The van der Waals surface area contributed by atoms with Crippen molar-refractivity contribution in [1.82, 2.24) is 9.80 Å². The van der Waals surface area contributed by atoms with Crippen LogP contribution in [0.3, 0.4) is 0 Å². The Kier molecular flexibility index (Phi) is 7.65. The summed E-state index contributed by atoms with van der Waals surface area (Å²) in [6.45, 7) is 4.57. The quantitative estimate of drug-likeness (QED) is 0.505. The van der Waals surface area contributed by atoms with Gasteiger partial charge < -0.3 is 9.64 Å². The van der Waals surface area contributed by atoms with Crippen molar-refractivity contribution >= 4 is 0 Å². The van der Waals surface area contributed by atoms with E-state index in [4.69, 9.17) is 4.74 Å². The van der Waals surface area contributed by atoms with Gasteiger partial charge in [-0.25, -0.2) is 0 Å². The zero-order valence-corrected chi connectivity index (χ0v) is 16.9. The third kappa shape index (κ3) is 6.84. The van der Waals surface area contributed by atoms with Crippen LogP contribution in [0, 0.1) is 0 Å². The first-order valence-electron chi connectivity index (χ1n) is 9.86. The van der Waals surface area contributed by atoms with Crippen LogP contribution < -0.4 is 4.74 Å². The van der Waals surface area contributed by atoms with Crippen LogP contribution in [0.25, 0.3) is 0 Å². The summed E-state index contributed by atoms with van der Waals surface area (Å²) in [4.78, 5) is 4.73. The predicted octanol–water partition coefficient (Wildman–Crippen LogP) is 4.83. The highest BCUT2D eigenvalue weighted by Crippen LogP contribution is 2.16. The van der Waals surface area contributed by atoms with Crippen molar-refractivity contribution < 1.29 is 4.74 Å². The SMILES string of the molecule is CN(C)CCN(Cc1ccccc1)Cc1ccc(OCc2ccccc2)cc1. The summed E-state index contributed by atoms with van der Waals surface area (Å²) >= 11 is 0. The molecule has 0 spiro atoms. The minimum Gasteiger partial charge on any atom is -0.489 e. The van der Waals surface area contributed by atoms with E-state index in [2.05, 4.69) is 90.6 Å². The van der Waals surface area contributed by atoms with Gasteiger partial charge in [-0.05, 0) is 42.9 Å². The van der Waals surface area contributed by atoms with Crippen LogP contribution in [0.1, 0.15) is 16.7 Å². The van der Waals surface area contributed by atoms with Gasteiger partial charge in [-0.2, -0.15) is 0 Å². The molecule has 0 heterocycles. The molecule has 3 heteroatoms. The molecule has 0 radical (unpaired) electrons. The third-order valence-electron chi connectivity index (χ3n) is 4.69. The molecule has 0 aliphatic carbocycles. The lowest BCUT2D eigenvalue weighted by Crippen LogP contribution is -2.31. The summed E-state index contributed by atoms with van der Waals surface area (Å²) in [7, 11) is 4.25. The Bertz CT molecular complexity index is 801. The lowest BCUT2D eigenvalue weighted by Gasteiger charge is -2.24. The molecule has 0 saturated heterocycles. The second kappa shape index (κ2) is 10.6. The lowest BCUT2D eigenvalue weighted by atomic mass is 10.1. The summed E-state index contributed by atoms with van der Waals surface area (Å²) < 4.78 is 5.91. The van der Waals surface area contributed by atoms with Crippen molar-refractivity contribution in [3.05, 3.63) is 102 Å². The standard InChI is InChI=1S/C25H30N2O/c1-26(2)17-18-27(19-22-9-5-3-6-10-22)20-23-13-15-25(16-14-23)28-21-24-11-7-4-8-12-24/h3-16H,17-21H2,1-2H3. The summed E-state index contributed by atoms with van der Waals surface area (Å²) in [5.41, 5.74) is 3.84. The summed E-state index contributed by atoms with van der Waals surface area (Å²) in [6.07, 6.45) is 0. The molecule has 0 amide bonds. The van der Waals surface area contributed by atoms with Gasteiger partial charge in [0, 0.05) is 26.2 Å². The fourth-order valence-electron chi connectivity index (χ4n) is 3.09. The molecular weight excluding hydrogens is 344 g/mol. The van der Waals surface area contributed by atoms with E-state index in [1.165, 1.54) is 16.7 Å². The maximum atomic E-state index is 5.91. The van der Waals surface area contributed by atoms with Gasteiger partial charge in [-0.15, -0.1) is 0 Å². The van der Waals surface area contributed by atoms with E-state index < -0.39 is 0 Å². The van der Waals surface area contributed by atoms with Crippen molar-refractivity contribution in [2.75, 3.05) is 27.2 Å². The summed E-state index contributed by atoms with van der Waals surface area (Å²) in [5.74, 6) is 0.913. The highest BCUT2D eigenvalue weighted by Gasteiger charge is 2.08. The maximum absolute atomic E-state index is 5.91. The van der Waals surface area contributed by atoms with Crippen LogP contribution in [0.2, 0.25) is 0 Å². The first-order chi connectivity index (χ1) is 13.7. The van der Waals surface area contributed by atoms with E-state index in [9.17, 15) is 0 Å². The fourth-order valence-corrected chi connectivity index (χ4v) is 3.09.